The van der Waals surface area contributed by atoms with Gasteiger partial charge in [0, 0.05) is 11.7 Å². The fraction of sp³-hybridized carbons (Fsp3) is 0.417. The summed E-state index contributed by atoms with van der Waals surface area (Å²) in [4.78, 5) is 13.7. The van der Waals surface area contributed by atoms with E-state index in [-0.39, 0.29) is 12.0 Å². The first kappa shape index (κ1) is 13.5. The number of rotatable bonds is 5. The van der Waals surface area contributed by atoms with Crippen molar-refractivity contribution in [3.63, 3.8) is 0 Å². The molecule has 0 heterocycles. The smallest absolute Gasteiger partial charge is 0.338 e. The highest BCUT2D eigenvalue weighted by atomic mass is 16.5. The summed E-state index contributed by atoms with van der Waals surface area (Å²) in [6.07, 6.45) is 0. The number of hydrogen-bond donors (Lipinski definition) is 2. The van der Waals surface area contributed by atoms with Gasteiger partial charge >= 0.3 is 5.97 Å². The zero-order chi connectivity index (χ0) is 12.8. The van der Waals surface area contributed by atoms with E-state index in [9.17, 15) is 4.79 Å². The van der Waals surface area contributed by atoms with Gasteiger partial charge in [-0.15, -0.1) is 0 Å². The van der Waals surface area contributed by atoms with Crippen LogP contribution in [0.15, 0.2) is 24.3 Å². The third-order valence-corrected chi connectivity index (χ3v) is 2.60. The van der Waals surface area contributed by atoms with Gasteiger partial charge in [0.25, 0.3) is 0 Å². The SMILES string of the molecule is CC(COC(=O)c1cccc(NN)c1)N(C)C. The van der Waals surface area contributed by atoms with Crippen molar-refractivity contribution in [2.24, 2.45) is 5.84 Å². The topological polar surface area (TPSA) is 67.6 Å². The molecule has 1 rings (SSSR count). The van der Waals surface area contributed by atoms with Crippen LogP contribution in [0.2, 0.25) is 0 Å². The maximum absolute atomic E-state index is 11.7. The summed E-state index contributed by atoms with van der Waals surface area (Å²) >= 11 is 0. The Morgan fingerprint density at radius 1 is 1.53 bits per heavy atom. The zero-order valence-electron chi connectivity index (χ0n) is 10.4. The lowest BCUT2D eigenvalue weighted by molar-refractivity contribution is 0.0416. The number of carbonyl (C=O) groups is 1. The molecular weight excluding hydrogens is 218 g/mol. The maximum Gasteiger partial charge on any atom is 0.338 e. The molecule has 0 saturated heterocycles. The van der Waals surface area contributed by atoms with Gasteiger partial charge in [-0.05, 0) is 39.2 Å². The van der Waals surface area contributed by atoms with Crippen LogP contribution in [0.4, 0.5) is 5.69 Å². The Morgan fingerprint density at radius 2 is 2.24 bits per heavy atom. The van der Waals surface area contributed by atoms with Crippen molar-refractivity contribution in [3.05, 3.63) is 29.8 Å². The number of hydrogen-bond acceptors (Lipinski definition) is 5. The molecule has 0 spiro atoms. The molecule has 94 valence electrons. The van der Waals surface area contributed by atoms with Crippen LogP contribution in [-0.4, -0.2) is 37.6 Å². The van der Waals surface area contributed by atoms with E-state index in [1.54, 1.807) is 24.3 Å². The van der Waals surface area contributed by atoms with E-state index >= 15 is 0 Å². The van der Waals surface area contributed by atoms with Crippen molar-refractivity contribution >= 4 is 11.7 Å². The molecule has 1 aromatic carbocycles. The predicted molar refractivity (Wildman–Crippen MR) is 67.7 cm³/mol. The van der Waals surface area contributed by atoms with Crippen molar-refractivity contribution in [3.8, 4) is 0 Å². The molecule has 0 aromatic heterocycles. The zero-order valence-corrected chi connectivity index (χ0v) is 10.4. The van der Waals surface area contributed by atoms with Crippen molar-refractivity contribution in [1.82, 2.24) is 4.90 Å². The van der Waals surface area contributed by atoms with Gasteiger partial charge in [-0.2, -0.15) is 0 Å². The Hall–Kier alpha value is -1.59. The molecule has 5 nitrogen and oxygen atoms in total. The van der Waals surface area contributed by atoms with Crippen LogP contribution < -0.4 is 11.3 Å². The van der Waals surface area contributed by atoms with Crippen LogP contribution >= 0.6 is 0 Å². The lowest BCUT2D eigenvalue weighted by Crippen LogP contribution is -2.30. The number of benzene rings is 1. The molecule has 0 fully saturated rings. The number of hydrazine groups is 1. The minimum absolute atomic E-state index is 0.190. The Kier molecular flexibility index (Phi) is 4.93. The fourth-order valence-electron chi connectivity index (χ4n) is 1.16. The molecule has 0 radical (unpaired) electrons. The summed E-state index contributed by atoms with van der Waals surface area (Å²) in [6, 6.07) is 7.07. The van der Waals surface area contributed by atoms with E-state index in [1.807, 2.05) is 25.9 Å². The molecule has 0 bridgehead atoms. The standard InChI is InChI=1S/C12H19N3O2/c1-9(15(2)3)8-17-12(16)10-5-4-6-11(7-10)14-13/h4-7,9,14H,8,13H2,1-3H3. The number of nitrogens with two attached hydrogens (primary N) is 1. The second-order valence-corrected chi connectivity index (χ2v) is 4.14. The second kappa shape index (κ2) is 6.22. The minimum Gasteiger partial charge on any atom is -0.460 e. The van der Waals surface area contributed by atoms with Gasteiger partial charge < -0.3 is 15.1 Å². The number of carbonyl (C=O) groups excluding carboxylic acids is 1. The number of nitrogen functional groups attached to an aromatic ring is 1. The average Bonchev–Trinajstić information content (AvgIpc) is 2.35. The van der Waals surface area contributed by atoms with Crippen LogP contribution in [0.3, 0.4) is 0 Å². The first-order valence-electron chi connectivity index (χ1n) is 5.45. The molecule has 0 aliphatic heterocycles. The molecule has 0 saturated carbocycles. The Balaban J connectivity index is 2.57. The van der Waals surface area contributed by atoms with Crippen molar-refractivity contribution in [2.45, 2.75) is 13.0 Å². The molecule has 17 heavy (non-hydrogen) atoms. The summed E-state index contributed by atoms with van der Waals surface area (Å²) in [5, 5.41) is 0. The molecule has 3 N–H and O–H groups in total. The molecule has 1 atom stereocenters. The molecule has 5 heteroatoms. The Labute approximate surface area is 102 Å². The molecule has 1 unspecified atom stereocenters. The summed E-state index contributed by atoms with van der Waals surface area (Å²) in [5.74, 6) is 4.93. The van der Waals surface area contributed by atoms with Crippen molar-refractivity contribution < 1.29 is 9.53 Å². The van der Waals surface area contributed by atoms with E-state index in [2.05, 4.69) is 5.43 Å². The quantitative estimate of drug-likeness (QED) is 0.455. The Morgan fingerprint density at radius 3 is 2.82 bits per heavy atom. The monoisotopic (exact) mass is 237 g/mol. The Bertz CT molecular complexity index is 380. The molecule has 0 aliphatic rings. The van der Waals surface area contributed by atoms with Gasteiger partial charge in [-0.25, -0.2) is 4.79 Å². The summed E-state index contributed by atoms with van der Waals surface area (Å²) in [5.41, 5.74) is 3.66. The minimum atomic E-state index is -0.337. The van der Waals surface area contributed by atoms with Crippen LogP contribution in [-0.2, 0) is 4.74 Å². The van der Waals surface area contributed by atoms with Gasteiger partial charge in [0.15, 0.2) is 0 Å². The third kappa shape index (κ3) is 4.05. The number of likely N-dealkylation sites (N-methyl/N-ethyl adjacent to an activating group) is 1. The molecular formula is C12H19N3O2. The number of ether oxygens (including phenoxy) is 1. The van der Waals surface area contributed by atoms with Crippen molar-refractivity contribution in [2.75, 3.05) is 26.1 Å². The van der Waals surface area contributed by atoms with Crippen LogP contribution in [0.1, 0.15) is 17.3 Å². The first-order chi connectivity index (χ1) is 8.04. The lowest BCUT2D eigenvalue weighted by atomic mass is 10.2. The van der Waals surface area contributed by atoms with Crippen LogP contribution in [0.5, 0.6) is 0 Å². The summed E-state index contributed by atoms with van der Waals surface area (Å²) in [7, 11) is 3.88. The predicted octanol–water partition coefficient (Wildman–Crippen LogP) is 1.08. The van der Waals surface area contributed by atoms with Gasteiger partial charge in [-0.3, -0.25) is 5.84 Å². The normalized spacial score (nSPS) is 12.3. The van der Waals surface area contributed by atoms with Gasteiger partial charge in [0.05, 0.1) is 5.56 Å². The van der Waals surface area contributed by atoms with E-state index in [4.69, 9.17) is 10.6 Å². The largest absolute Gasteiger partial charge is 0.460 e. The number of esters is 1. The molecule has 1 aromatic rings. The highest BCUT2D eigenvalue weighted by Gasteiger charge is 2.11. The highest BCUT2D eigenvalue weighted by Crippen LogP contribution is 2.10. The fourth-order valence-corrected chi connectivity index (χ4v) is 1.16. The van der Waals surface area contributed by atoms with Gasteiger partial charge in [0.1, 0.15) is 6.61 Å². The maximum atomic E-state index is 11.7. The first-order valence-corrected chi connectivity index (χ1v) is 5.45. The van der Waals surface area contributed by atoms with E-state index in [1.165, 1.54) is 0 Å². The van der Waals surface area contributed by atoms with E-state index < -0.39 is 0 Å². The number of anilines is 1. The van der Waals surface area contributed by atoms with E-state index in [0.29, 0.717) is 17.9 Å². The van der Waals surface area contributed by atoms with Crippen molar-refractivity contribution in [1.29, 1.82) is 0 Å². The summed E-state index contributed by atoms with van der Waals surface area (Å²) in [6.45, 7) is 2.36. The lowest BCUT2D eigenvalue weighted by Gasteiger charge is -2.19. The number of nitrogens with zero attached hydrogens (tertiary/aromatic N) is 1. The molecule has 0 amide bonds. The van der Waals surface area contributed by atoms with Crippen LogP contribution in [0.25, 0.3) is 0 Å². The average molecular weight is 237 g/mol. The van der Waals surface area contributed by atoms with Crippen LogP contribution in [0, 0.1) is 0 Å². The van der Waals surface area contributed by atoms with Gasteiger partial charge in [0.2, 0.25) is 0 Å². The second-order valence-electron chi connectivity index (χ2n) is 4.14. The van der Waals surface area contributed by atoms with Gasteiger partial charge in [-0.1, -0.05) is 6.07 Å². The summed E-state index contributed by atoms with van der Waals surface area (Å²) < 4.78 is 5.20. The molecule has 0 aliphatic carbocycles. The third-order valence-electron chi connectivity index (χ3n) is 2.60. The highest BCUT2D eigenvalue weighted by molar-refractivity contribution is 5.90. The van der Waals surface area contributed by atoms with E-state index in [0.717, 1.165) is 0 Å². The number of nitrogens with one attached hydrogen (secondary N) is 1.